The largest absolute Gasteiger partial charge is 0.311 e. The molecule has 8 heteroatoms. The van der Waals surface area contributed by atoms with Crippen LogP contribution in [0.3, 0.4) is 0 Å². The lowest BCUT2D eigenvalue weighted by molar-refractivity contribution is 0.105. The average molecular weight is 410 g/mol. The summed E-state index contributed by atoms with van der Waals surface area (Å²) in [6.45, 7) is 3.56. The van der Waals surface area contributed by atoms with Crippen LogP contribution in [0, 0.1) is 11.6 Å². The second kappa shape index (κ2) is 8.65. The van der Waals surface area contributed by atoms with E-state index in [-0.39, 0.29) is 36.3 Å². The van der Waals surface area contributed by atoms with Gasteiger partial charge in [0, 0.05) is 31.7 Å². The van der Waals surface area contributed by atoms with Crippen molar-refractivity contribution in [3.8, 4) is 0 Å². The molecule has 1 aliphatic heterocycles. The zero-order chi connectivity index (χ0) is 20.3. The normalized spacial score (nSPS) is 21.2. The van der Waals surface area contributed by atoms with Crippen LogP contribution in [0.15, 0.2) is 48.5 Å². The molecule has 1 fully saturated rings. The highest BCUT2D eigenvalue weighted by Crippen LogP contribution is 2.32. The summed E-state index contributed by atoms with van der Waals surface area (Å²) in [6.07, 6.45) is 1.13. The molecular formula is C20H25F2N3O2S. The van der Waals surface area contributed by atoms with Gasteiger partial charge in [-0.1, -0.05) is 24.3 Å². The zero-order valence-corrected chi connectivity index (χ0v) is 16.7. The van der Waals surface area contributed by atoms with E-state index in [0.29, 0.717) is 13.1 Å². The summed E-state index contributed by atoms with van der Waals surface area (Å²) in [5.41, 5.74) is 1.73. The monoisotopic (exact) mass is 409 g/mol. The van der Waals surface area contributed by atoms with Crippen molar-refractivity contribution in [2.45, 2.75) is 25.0 Å². The molecule has 152 valence electrons. The smallest absolute Gasteiger partial charge is 0.208 e. The zero-order valence-electron chi connectivity index (χ0n) is 15.9. The standard InChI is InChI=1S/C20H25F2N3O2S/c1-14-13-25(19(11-23-14)12-24-28(2,26)27)20(15-3-7-17(21)8-4-15)16-5-9-18(22)10-6-16/h3-10,14,19-20,23-24H,11-13H2,1-2H3/t14-,19-/m0/s1. The number of benzene rings is 2. The Bertz CT molecular complexity index is 843. The van der Waals surface area contributed by atoms with Crippen molar-refractivity contribution in [3.05, 3.63) is 71.3 Å². The molecule has 3 rings (SSSR count). The van der Waals surface area contributed by atoms with Crippen molar-refractivity contribution >= 4 is 10.0 Å². The minimum absolute atomic E-state index is 0.119. The Kier molecular flexibility index (Phi) is 6.44. The summed E-state index contributed by atoms with van der Waals surface area (Å²) in [7, 11) is -3.33. The van der Waals surface area contributed by atoms with Crippen LogP contribution in [0.2, 0.25) is 0 Å². The highest BCUT2D eigenvalue weighted by Gasteiger charge is 2.33. The third kappa shape index (κ3) is 5.35. The van der Waals surface area contributed by atoms with E-state index in [0.717, 1.165) is 17.4 Å². The summed E-state index contributed by atoms with van der Waals surface area (Å²) in [5.74, 6) is -0.656. The molecule has 0 aliphatic carbocycles. The van der Waals surface area contributed by atoms with Crippen LogP contribution in [-0.2, 0) is 10.0 Å². The molecule has 2 aromatic carbocycles. The van der Waals surface area contributed by atoms with E-state index < -0.39 is 10.0 Å². The lowest BCUT2D eigenvalue weighted by atomic mass is 9.93. The van der Waals surface area contributed by atoms with Gasteiger partial charge in [0.2, 0.25) is 10.0 Å². The number of rotatable bonds is 6. The summed E-state index contributed by atoms with van der Waals surface area (Å²) >= 11 is 0. The maximum Gasteiger partial charge on any atom is 0.208 e. The molecule has 28 heavy (non-hydrogen) atoms. The third-order valence-corrected chi connectivity index (χ3v) is 5.63. The van der Waals surface area contributed by atoms with E-state index in [1.54, 1.807) is 24.3 Å². The number of nitrogens with one attached hydrogen (secondary N) is 2. The van der Waals surface area contributed by atoms with Gasteiger partial charge in [0.05, 0.1) is 12.3 Å². The number of halogens is 2. The van der Waals surface area contributed by atoms with Gasteiger partial charge in [-0.2, -0.15) is 0 Å². The first-order valence-corrected chi connectivity index (χ1v) is 11.1. The maximum atomic E-state index is 13.5. The second-order valence-corrected chi connectivity index (χ2v) is 9.12. The molecule has 2 N–H and O–H groups in total. The Hall–Kier alpha value is -1.87. The molecule has 0 amide bonds. The van der Waals surface area contributed by atoms with Crippen LogP contribution in [0.4, 0.5) is 8.78 Å². The van der Waals surface area contributed by atoms with Crippen LogP contribution in [-0.4, -0.2) is 51.3 Å². The molecule has 2 aromatic rings. The molecular weight excluding hydrogens is 384 g/mol. The fraction of sp³-hybridized carbons (Fsp3) is 0.400. The van der Waals surface area contributed by atoms with E-state index in [1.165, 1.54) is 24.3 Å². The molecule has 1 heterocycles. The summed E-state index contributed by atoms with van der Waals surface area (Å²) < 4.78 is 52.8. The summed E-state index contributed by atoms with van der Waals surface area (Å²) in [5, 5.41) is 3.38. The first-order chi connectivity index (χ1) is 13.2. The van der Waals surface area contributed by atoms with Gasteiger partial charge in [-0.25, -0.2) is 21.9 Å². The maximum absolute atomic E-state index is 13.5. The first kappa shape index (κ1) is 20.9. The molecule has 5 nitrogen and oxygen atoms in total. The molecule has 0 spiro atoms. The van der Waals surface area contributed by atoms with Crippen molar-refractivity contribution in [2.24, 2.45) is 0 Å². The lowest BCUT2D eigenvalue weighted by Gasteiger charge is -2.44. The van der Waals surface area contributed by atoms with E-state index in [9.17, 15) is 17.2 Å². The third-order valence-electron chi connectivity index (χ3n) is 4.94. The van der Waals surface area contributed by atoms with Gasteiger partial charge >= 0.3 is 0 Å². The van der Waals surface area contributed by atoms with E-state index >= 15 is 0 Å². The van der Waals surface area contributed by atoms with Crippen LogP contribution in [0.1, 0.15) is 24.1 Å². The fourth-order valence-corrected chi connectivity index (χ4v) is 4.10. The minimum Gasteiger partial charge on any atom is -0.311 e. The quantitative estimate of drug-likeness (QED) is 0.769. The van der Waals surface area contributed by atoms with E-state index in [1.807, 2.05) is 0 Å². The van der Waals surface area contributed by atoms with Gasteiger partial charge in [0.1, 0.15) is 11.6 Å². The highest BCUT2D eigenvalue weighted by atomic mass is 32.2. The van der Waals surface area contributed by atoms with Crippen LogP contribution < -0.4 is 10.0 Å². The molecule has 1 aliphatic rings. The van der Waals surface area contributed by atoms with Crippen LogP contribution in [0.5, 0.6) is 0 Å². The predicted octanol–water partition coefficient (Wildman–Crippen LogP) is 2.27. The molecule has 0 unspecified atom stereocenters. The van der Waals surface area contributed by atoms with Crippen molar-refractivity contribution in [1.29, 1.82) is 0 Å². The van der Waals surface area contributed by atoms with Gasteiger partial charge in [-0.3, -0.25) is 4.90 Å². The molecule has 2 atom stereocenters. The number of piperazine rings is 1. The average Bonchev–Trinajstić information content (AvgIpc) is 2.64. The fourth-order valence-electron chi connectivity index (χ4n) is 3.60. The van der Waals surface area contributed by atoms with Crippen LogP contribution >= 0.6 is 0 Å². The number of hydrogen-bond acceptors (Lipinski definition) is 4. The Morgan fingerprint density at radius 3 is 2.04 bits per heavy atom. The SMILES string of the molecule is C[C@H]1CN(C(c2ccc(F)cc2)c2ccc(F)cc2)[C@H](CNS(C)(=O)=O)CN1. The predicted molar refractivity (Wildman–Crippen MR) is 105 cm³/mol. The molecule has 0 bridgehead atoms. The van der Waals surface area contributed by atoms with Gasteiger partial charge < -0.3 is 5.32 Å². The topological polar surface area (TPSA) is 61.4 Å². The highest BCUT2D eigenvalue weighted by molar-refractivity contribution is 7.88. The summed E-state index contributed by atoms with van der Waals surface area (Å²) in [4.78, 5) is 2.19. The Balaban J connectivity index is 1.99. The Morgan fingerprint density at radius 1 is 1.07 bits per heavy atom. The lowest BCUT2D eigenvalue weighted by Crippen LogP contribution is -2.59. The Labute approximate surface area is 164 Å². The Morgan fingerprint density at radius 2 is 1.57 bits per heavy atom. The molecule has 0 radical (unpaired) electrons. The van der Waals surface area contributed by atoms with E-state index in [4.69, 9.17) is 0 Å². The number of sulfonamides is 1. The van der Waals surface area contributed by atoms with Crippen molar-refractivity contribution in [3.63, 3.8) is 0 Å². The first-order valence-electron chi connectivity index (χ1n) is 9.17. The summed E-state index contributed by atoms with van der Waals surface area (Å²) in [6, 6.07) is 12.3. The van der Waals surface area contributed by atoms with Crippen LogP contribution in [0.25, 0.3) is 0 Å². The van der Waals surface area contributed by atoms with Gasteiger partial charge in [-0.05, 0) is 42.3 Å². The number of hydrogen-bond donors (Lipinski definition) is 2. The van der Waals surface area contributed by atoms with Gasteiger partial charge in [0.25, 0.3) is 0 Å². The molecule has 1 saturated heterocycles. The van der Waals surface area contributed by atoms with E-state index in [2.05, 4.69) is 21.9 Å². The number of nitrogens with zero attached hydrogens (tertiary/aromatic N) is 1. The minimum atomic E-state index is -3.33. The molecule has 0 saturated carbocycles. The van der Waals surface area contributed by atoms with Gasteiger partial charge in [0.15, 0.2) is 0 Å². The van der Waals surface area contributed by atoms with Gasteiger partial charge in [-0.15, -0.1) is 0 Å². The van der Waals surface area contributed by atoms with Crippen molar-refractivity contribution in [2.75, 3.05) is 25.9 Å². The second-order valence-electron chi connectivity index (χ2n) is 7.29. The molecule has 0 aromatic heterocycles. The van der Waals surface area contributed by atoms with Crippen molar-refractivity contribution in [1.82, 2.24) is 14.9 Å². The van der Waals surface area contributed by atoms with Crippen molar-refractivity contribution < 1.29 is 17.2 Å².